The van der Waals surface area contributed by atoms with Crippen molar-refractivity contribution in [3.05, 3.63) is 33.3 Å². The Balaban J connectivity index is 1.86. The largest absolute Gasteiger partial charge is 0.444 e. The molecule has 0 radical (unpaired) electrons. The molecule has 0 atom stereocenters. The molecular weight excluding hydrogens is 420 g/mol. The molecule has 0 spiro atoms. The molecule has 5 nitrogen and oxygen atoms in total. The molecule has 1 fully saturated rings. The van der Waals surface area contributed by atoms with Crippen molar-refractivity contribution in [2.45, 2.75) is 51.7 Å². The molecule has 0 bridgehead atoms. The topological polar surface area (TPSA) is 49.9 Å². The van der Waals surface area contributed by atoms with E-state index < -0.39 is 5.60 Å². The number of likely N-dealkylation sites (tertiary alicyclic amines) is 1. The van der Waals surface area contributed by atoms with Crippen molar-refractivity contribution in [1.29, 1.82) is 0 Å². The van der Waals surface area contributed by atoms with Gasteiger partial charge in [0.1, 0.15) is 5.60 Å². The molecule has 0 aliphatic carbocycles. The lowest BCUT2D eigenvalue weighted by atomic mass is 10.0. The van der Waals surface area contributed by atoms with E-state index in [0.29, 0.717) is 24.5 Å². The molecule has 1 heterocycles. The van der Waals surface area contributed by atoms with Crippen LogP contribution in [0.15, 0.2) is 22.7 Å². The maximum atomic E-state index is 12.5. The van der Waals surface area contributed by atoms with Gasteiger partial charge in [-0.25, -0.2) is 4.79 Å². The predicted molar refractivity (Wildman–Crippen MR) is 106 cm³/mol. The van der Waals surface area contributed by atoms with E-state index in [9.17, 15) is 9.59 Å². The summed E-state index contributed by atoms with van der Waals surface area (Å²) in [5.74, 6) is 0.0950. The molecule has 1 saturated heterocycles. The van der Waals surface area contributed by atoms with Crippen molar-refractivity contribution >= 4 is 39.5 Å². The zero-order chi connectivity index (χ0) is 19.5. The number of carbonyl (C=O) groups is 2. The minimum Gasteiger partial charge on any atom is -0.444 e. The molecule has 0 N–H and O–H groups in total. The lowest BCUT2D eigenvalue weighted by Crippen LogP contribution is -2.48. The van der Waals surface area contributed by atoms with E-state index in [4.69, 9.17) is 16.3 Å². The third kappa shape index (κ3) is 5.88. The van der Waals surface area contributed by atoms with Crippen molar-refractivity contribution in [2.75, 3.05) is 20.1 Å². The molecule has 2 rings (SSSR count). The Morgan fingerprint density at radius 1 is 1.31 bits per heavy atom. The number of rotatable bonds is 3. The van der Waals surface area contributed by atoms with Crippen LogP contribution in [-0.4, -0.2) is 53.6 Å². The highest BCUT2D eigenvalue weighted by Gasteiger charge is 2.29. The summed E-state index contributed by atoms with van der Waals surface area (Å²) in [6.45, 7) is 6.86. The van der Waals surface area contributed by atoms with Crippen LogP contribution in [0.2, 0.25) is 5.02 Å². The Morgan fingerprint density at radius 2 is 1.92 bits per heavy atom. The average molecular weight is 446 g/mol. The quantitative estimate of drug-likeness (QED) is 0.688. The summed E-state index contributed by atoms with van der Waals surface area (Å²) in [6, 6.07) is 5.63. The average Bonchev–Trinajstić information content (AvgIpc) is 2.56. The number of piperidine rings is 1. The monoisotopic (exact) mass is 444 g/mol. The van der Waals surface area contributed by atoms with Crippen LogP contribution in [0.4, 0.5) is 4.79 Å². The third-order valence-electron chi connectivity index (χ3n) is 4.39. The van der Waals surface area contributed by atoms with Gasteiger partial charge in [0.05, 0.1) is 11.4 Å². The van der Waals surface area contributed by atoms with E-state index in [1.165, 1.54) is 0 Å². The Kier molecular flexibility index (Phi) is 6.97. The Bertz CT molecular complexity index is 667. The van der Waals surface area contributed by atoms with Crippen LogP contribution in [-0.2, 0) is 16.0 Å². The standard InChI is InChI=1S/C19H26BrClN2O3/c1-19(2,3)26-18(25)22(4)14-7-9-23(10-8-14)17(24)12-13-5-6-16(21)15(20)11-13/h5-6,11,14H,7-10,12H2,1-4H3. The van der Waals surface area contributed by atoms with E-state index in [0.717, 1.165) is 22.9 Å². The van der Waals surface area contributed by atoms with Crippen LogP contribution in [0.3, 0.4) is 0 Å². The third-order valence-corrected chi connectivity index (χ3v) is 5.60. The molecule has 0 aromatic heterocycles. The van der Waals surface area contributed by atoms with Crippen molar-refractivity contribution in [3.63, 3.8) is 0 Å². The minimum atomic E-state index is -0.505. The first-order valence-electron chi connectivity index (χ1n) is 8.74. The highest BCUT2D eigenvalue weighted by molar-refractivity contribution is 9.10. The Morgan fingerprint density at radius 3 is 2.46 bits per heavy atom. The number of ether oxygens (including phenoxy) is 1. The van der Waals surface area contributed by atoms with E-state index in [1.54, 1.807) is 18.0 Å². The van der Waals surface area contributed by atoms with Gasteiger partial charge in [-0.1, -0.05) is 17.7 Å². The fourth-order valence-corrected chi connectivity index (χ4v) is 3.47. The second-order valence-corrected chi connectivity index (χ2v) is 8.89. The SMILES string of the molecule is CN(C(=O)OC(C)(C)C)C1CCN(C(=O)Cc2ccc(Cl)c(Br)c2)CC1. The van der Waals surface area contributed by atoms with Crippen molar-refractivity contribution < 1.29 is 14.3 Å². The second kappa shape index (κ2) is 8.61. The van der Waals surface area contributed by atoms with Crippen LogP contribution >= 0.6 is 27.5 Å². The first-order chi connectivity index (χ1) is 12.1. The Labute approximate surface area is 168 Å². The van der Waals surface area contributed by atoms with Gasteiger partial charge in [-0.3, -0.25) is 4.79 Å². The lowest BCUT2D eigenvalue weighted by molar-refractivity contribution is -0.131. The summed E-state index contributed by atoms with van der Waals surface area (Å²) in [7, 11) is 1.77. The van der Waals surface area contributed by atoms with Gasteiger partial charge in [0.25, 0.3) is 0 Å². The first kappa shape index (κ1) is 21.0. The summed E-state index contributed by atoms with van der Waals surface area (Å²) in [4.78, 5) is 28.2. The van der Waals surface area contributed by atoms with E-state index >= 15 is 0 Å². The lowest BCUT2D eigenvalue weighted by Gasteiger charge is -2.37. The number of nitrogens with zero attached hydrogens (tertiary/aromatic N) is 2. The molecule has 7 heteroatoms. The van der Waals surface area contributed by atoms with Gasteiger partial charge in [-0.05, 0) is 67.2 Å². The number of hydrogen-bond donors (Lipinski definition) is 0. The number of halogens is 2. The van der Waals surface area contributed by atoms with E-state index in [2.05, 4.69) is 15.9 Å². The highest BCUT2D eigenvalue weighted by Crippen LogP contribution is 2.24. The van der Waals surface area contributed by atoms with E-state index in [-0.39, 0.29) is 18.0 Å². The van der Waals surface area contributed by atoms with Gasteiger partial charge in [-0.15, -0.1) is 0 Å². The van der Waals surface area contributed by atoms with Crippen LogP contribution in [0.1, 0.15) is 39.2 Å². The summed E-state index contributed by atoms with van der Waals surface area (Å²) in [5, 5.41) is 0.632. The number of carbonyl (C=O) groups excluding carboxylic acids is 2. The van der Waals surface area contributed by atoms with Crippen molar-refractivity contribution in [2.24, 2.45) is 0 Å². The van der Waals surface area contributed by atoms with Crippen molar-refractivity contribution in [1.82, 2.24) is 9.80 Å². The van der Waals surface area contributed by atoms with Gasteiger partial charge in [-0.2, -0.15) is 0 Å². The molecule has 1 aliphatic rings. The van der Waals surface area contributed by atoms with Gasteiger partial charge < -0.3 is 14.5 Å². The molecule has 144 valence electrons. The maximum Gasteiger partial charge on any atom is 0.410 e. The molecule has 0 saturated carbocycles. The summed E-state index contributed by atoms with van der Waals surface area (Å²) in [6.07, 6.45) is 1.55. The highest BCUT2D eigenvalue weighted by atomic mass is 79.9. The predicted octanol–water partition coefficient (Wildman–Crippen LogP) is 4.50. The fourth-order valence-electron chi connectivity index (χ4n) is 2.92. The first-order valence-corrected chi connectivity index (χ1v) is 9.91. The van der Waals surface area contributed by atoms with Gasteiger partial charge in [0, 0.05) is 30.7 Å². The van der Waals surface area contributed by atoms with Crippen molar-refractivity contribution in [3.8, 4) is 0 Å². The molecule has 26 heavy (non-hydrogen) atoms. The summed E-state index contributed by atoms with van der Waals surface area (Å²) < 4.78 is 6.21. The zero-order valence-corrected chi connectivity index (χ0v) is 18.1. The number of amides is 2. The van der Waals surface area contributed by atoms with Crippen LogP contribution in [0.5, 0.6) is 0 Å². The molecule has 0 unspecified atom stereocenters. The second-order valence-electron chi connectivity index (χ2n) is 7.63. The number of hydrogen-bond acceptors (Lipinski definition) is 3. The van der Waals surface area contributed by atoms with Gasteiger partial charge >= 0.3 is 6.09 Å². The smallest absolute Gasteiger partial charge is 0.410 e. The summed E-state index contributed by atoms with van der Waals surface area (Å²) >= 11 is 9.38. The van der Waals surface area contributed by atoms with Crippen LogP contribution in [0.25, 0.3) is 0 Å². The molecule has 2 amide bonds. The molecule has 1 aliphatic heterocycles. The van der Waals surface area contributed by atoms with Gasteiger partial charge in [0.2, 0.25) is 5.91 Å². The fraction of sp³-hybridized carbons (Fsp3) is 0.579. The van der Waals surface area contributed by atoms with E-state index in [1.807, 2.05) is 37.8 Å². The van der Waals surface area contributed by atoms with Crippen LogP contribution < -0.4 is 0 Å². The normalized spacial score (nSPS) is 15.7. The number of benzene rings is 1. The maximum absolute atomic E-state index is 12.5. The minimum absolute atomic E-state index is 0.0950. The van der Waals surface area contributed by atoms with Crippen LogP contribution in [0, 0.1) is 0 Å². The molecule has 1 aromatic carbocycles. The summed E-state index contributed by atoms with van der Waals surface area (Å²) in [5.41, 5.74) is 0.425. The Hall–Kier alpha value is -1.27. The van der Waals surface area contributed by atoms with Gasteiger partial charge in [0.15, 0.2) is 0 Å². The molecule has 1 aromatic rings. The molecular formula is C19H26BrClN2O3. The zero-order valence-electron chi connectivity index (χ0n) is 15.7.